The van der Waals surface area contributed by atoms with Gasteiger partial charge in [0.2, 0.25) is 0 Å². The number of fused-ring (bicyclic) bond motifs is 1. The molecule has 0 radical (unpaired) electrons. The molecular formula is C16H23N3O. The zero-order valence-corrected chi connectivity index (χ0v) is 12.4. The second kappa shape index (κ2) is 4.77. The van der Waals surface area contributed by atoms with Gasteiger partial charge in [0.05, 0.1) is 11.7 Å². The van der Waals surface area contributed by atoms with Crippen LogP contribution in [0.15, 0.2) is 18.3 Å². The Kier molecular flexibility index (Phi) is 3.21. The molecule has 108 valence electrons. The summed E-state index contributed by atoms with van der Waals surface area (Å²) < 4.78 is 6.21. The van der Waals surface area contributed by atoms with Crippen LogP contribution in [0.1, 0.15) is 38.7 Å². The summed E-state index contributed by atoms with van der Waals surface area (Å²) in [5, 5.41) is 8.19. The van der Waals surface area contributed by atoms with E-state index in [1.807, 2.05) is 18.3 Å². The summed E-state index contributed by atoms with van der Waals surface area (Å²) in [7, 11) is 0. The molecule has 0 spiro atoms. The fraction of sp³-hybridized carbons (Fsp3) is 0.562. The minimum atomic E-state index is 0.208. The highest BCUT2D eigenvalue weighted by Gasteiger charge is 2.35. The Morgan fingerprint density at radius 1 is 1.40 bits per heavy atom. The van der Waals surface area contributed by atoms with Crippen LogP contribution in [-0.4, -0.2) is 22.3 Å². The third kappa shape index (κ3) is 2.29. The second-order valence-electron chi connectivity index (χ2n) is 6.63. The van der Waals surface area contributed by atoms with E-state index >= 15 is 0 Å². The number of ether oxygens (including phenoxy) is 1. The van der Waals surface area contributed by atoms with E-state index in [1.54, 1.807) is 0 Å². The Balaban J connectivity index is 1.78. The number of nitrogens with one attached hydrogen (secondary N) is 1. The van der Waals surface area contributed by atoms with E-state index in [2.05, 4.69) is 31.0 Å². The minimum Gasteiger partial charge on any atom is -0.490 e. The van der Waals surface area contributed by atoms with Crippen molar-refractivity contribution in [2.45, 2.75) is 52.2 Å². The molecule has 20 heavy (non-hydrogen) atoms. The Morgan fingerprint density at radius 2 is 2.20 bits per heavy atom. The van der Waals surface area contributed by atoms with Gasteiger partial charge in [0.25, 0.3) is 0 Å². The van der Waals surface area contributed by atoms with Crippen molar-refractivity contribution >= 4 is 10.9 Å². The molecule has 0 bridgehead atoms. The van der Waals surface area contributed by atoms with E-state index in [-0.39, 0.29) is 17.6 Å². The van der Waals surface area contributed by atoms with Crippen LogP contribution in [0, 0.1) is 12.3 Å². The first-order valence-electron chi connectivity index (χ1n) is 7.32. The number of aromatic nitrogens is 2. The smallest absolute Gasteiger partial charge is 0.123 e. The van der Waals surface area contributed by atoms with Crippen LogP contribution in [0.4, 0.5) is 0 Å². The fourth-order valence-corrected chi connectivity index (χ4v) is 2.99. The molecule has 0 amide bonds. The van der Waals surface area contributed by atoms with Crippen molar-refractivity contribution in [3.63, 3.8) is 0 Å². The summed E-state index contributed by atoms with van der Waals surface area (Å²) in [6, 6.07) is 4.26. The topological polar surface area (TPSA) is 63.9 Å². The Hall–Kier alpha value is -1.55. The van der Waals surface area contributed by atoms with Crippen molar-refractivity contribution in [2.75, 3.05) is 0 Å². The first-order chi connectivity index (χ1) is 9.47. The van der Waals surface area contributed by atoms with Crippen LogP contribution in [-0.2, 0) is 0 Å². The van der Waals surface area contributed by atoms with Gasteiger partial charge in [0.15, 0.2) is 0 Å². The van der Waals surface area contributed by atoms with Gasteiger partial charge in [-0.15, -0.1) is 0 Å². The van der Waals surface area contributed by atoms with Crippen molar-refractivity contribution in [2.24, 2.45) is 11.1 Å². The summed E-state index contributed by atoms with van der Waals surface area (Å²) >= 11 is 0. The highest BCUT2D eigenvalue weighted by molar-refractivity contribution is 5.83. The van der Waals surface area contributed by atoms with Gasteiger partial charge in [-0.05, 0) is 43.7 Å². The van der Waals surface area contributed by atoms with Crippen molar-refractivity contribution in [1.29, 1.82) is 0 Å². The number of H-pyrrole nitrogens is 1. The number of hydrogen-bond donors (Lipinski definition) is 2. The molecule has 1 aromatic heterocycles. The van der Waals surface area contributed by atoms with Crippen molar-refractivity contribution in [3.8, 4) is 5.75 Å². The number of rotatable bonds is 2. The van der Waals surface area contributed by atoms with Crippen LogP contribution in [0.5, 0.6) is 5.75 Å². The number of hydrogen-bond acceptors (Lipinski definition) is 3. The first-order valence-corrected chi connectivity index (χ1v) is 7.32. The highest BCUT2D eigenvalue weighted by Crippen LogP contribution is 2.37. The number of benzene rings is 1. The van der Waals surface area contributed by atoms with Crippen LogP contribution in [0.3, 0.4) is 0 Å². The minimum absolute atomic E-state index is 0.208. The summed E-state index contributed by atoms with van der Waals surface area (Å²) in [5.74, 6) is 0.954. The maximum Gasteiger partial charge on any atom is 0.123 e. The average Bonchev–Trinajstić information content (AvgIpc) is 2.87. The van der Waals surface area contributed by atoms with Crippen LogP contribution in [0.25, 0.3) is 10.9 Å². The van der Waals surface area contributed by atoms with E-state index in [0.29, 0.717) is 0 Å². The summed E-state index contributed by atoms with van der Waals surface area (Å²) in [4.78, 5) is 0. The zero-order chi connectivity index (χ0) is 14.3. The number of nitrogens with zero attached hydrogens (tertiary/aromatic N) is 1. The van der Waals surface area contributed by atoms with Crippen molar-refractivity contribution in [3.05, 3.63) is 23.9 Å². The molecule has 1 aliphatic carbocycles. The van der Waals surface area contributed by atoms with Crippen LogP contribution in [0.2, 0.25) is 0 Å². The highest BCUT2D eigenvalue weighted by atomic mass is 16.5. The SMILES string of the molecule is Cc1c(O[C@H]2CCC(C)(C)[C@H](N)C2)ccc2[nH]ncc12. The van der Waals surface area contributed by atoms with E-state index in [0.717, 1.165) is 41.5 Å². The van der Waals surface area contributed by atoms with Gasteiger partial charge in [-0.3, -0.25) is 5.10 Å². The molecule has 1 heterocycles. The number of aryl methyl sites for hydroxylation is 1. The normalized spacial score (nSPS) is 25.8. The van der Waals surface area contributed by atoms with Crippen molar-refractivity contribution in [1.82, 2.24) is 10.2 Å². The first kappa shape index (κ1) is 13.4. The monoisotopic (exact) mass is 273 g/mol. The molecule has 3 N–H and O–H groups in total. The van der Waals surface area contributed by atoms with Crippen LogP contribution < -0.4 is 10.5 Å². The second-order valence-corrected chi connectivity index (χ2v) is 6.63. The largest absolute Gasteiger partial charge is 0.490 e. The lowest BCUT2D eigenvalue weighted by Crippen LogP contribution is -2.45. The Labute approximate surface area is 119 Å². The van der Waals surface area contributed by atoms with Gasteiger partial charge in [0, 0.05) is 17.0 Å². The summed E-state index contributed by atoms with van der Waals surface area (Å²) in [6.07, 6.45) is 5.19. The molecule has 0 aliphatic heterocycles. The molecule has 1 fully saturated rings. The summed E-state index contributed by atoms with van der Waals surface area (Å²) in [6.45, 7) is 6.58. The van der Waals surface area contributed by atoms with Gasteiger partial charge in [-0.2, -0.15) is 5.10 Å². The molecule has 1 aromatic carbocycles. The predicted molar refractivity (Wildman–Crippen MR) is 80.9 cm³/mol. The molecular weight excluding hydrogens is 250 g/mol. The molecule has 4 heteroatoms. The van der Waals surface area contributed by atoms with E-state index < -0.39 is 0 Å². The maximum atomic E-state index is 6.27. The van der Waals surface area contributed by atoms with Gasteiger partial charge < -0.3 is 10.5 Å². The van der Waals surface area contributed by atoms with Gasteiger partial charge in [-0.1, -0.05) is 13.8 Å². The fourth-order valence-electron chi connectivity index (χ4n) is 2.99. The molecule has 4 nitrogen and oxygen atoms in total. The van der Waals surface area contributed by atoms with Gasteiger partial charge in [0.1, 0.15) is 11.9 Å². The lowest BCUT2D eigenvalue weighted by Gasteiger charge is -2.40. The van der Waals surface area contributed by atoms with Crippen LogP contribution >= 0.6 is 0 Å². The number of aromatic amines is 1. The van der Waals surface area contributed by atoms with E-state index in [1.165, 1.54) is 0 Å². The lowest BCUT2D eigenvalue weighted by atomic mass is 9.73. The van der Waals surface area contributed by atoms with E-state index in [9.17, 15) is 0 Å². The molecule has 0 saturated heterocycles. The zero-order valence-electron chi connectivity index (χ0n) is 12.4. The Morgan fingerprint density at radius 3 is 2.95 bits per heavy atom. The van der Waals surface area contributed by atoms with E-state index in [4.69, 9.17) is 10.5 Å². The van der Waals surface area contributed by atoms with Gasteiger partial charge in [-0.25, -0.2) is 0 Å². The maximum absolute atomic E-state index is 6.27. The van der Waals surface area contributed by atoms with Crippen molar-refractivity contribution < 1.29 is 4.74 Å². The Bertz CT molecular complexity index is 617. The molecule has 3 rings (SSSR count). The lowest BCUT2D eigenvalue weighted by molar-refractivity contribution is 0.0792. The summed E-state index contributed by atoms with van der Waals surface area (Å²) in [5.41, 5.74) is 8.70. The average molecular weight is 273 g/mol. The molecule has 2 atom stereocenters. The standard InChI is InChI=1S/C16H23N3O/c1-10-12-9-18-19-13(12)4-5-14(10)20-11-6-7-16(2,3)15(17)8-11/h4-5,9,11,15H,6-8,17H2,1-3H3,(H,18,19)/t11-,15+/m0/s1. The molecule has 1 aliphatic rings. The van der Waals surface area contributed by atoms with Gasteiger partial charge >= 0.3 is 0 Å². The molecule has 0 unspecified atom stereocenters. The molecule has 2 aromatic rings. The third-order valence-corrected chi connectivity index (χ3v) is 4.77. The quantitative estimate of drug-likeness (QED) is 0.883. The third-order valence-electron chi connectivity index (χ3n) is 4.77. The number of nitrogens with two attached hydrogens (primary N) is 1. The molecule has 1 saturated carbocycles. The predicted octanol–water partition coefficient (Wildman–Crippen LogP) is 3.16.